The van der Waals surface area contributed by atoms with Crippen LogP contribution in [0.4, 0.5) is 0 Å². The predicted molar refractivity (Wildman–Crippen MR) is 69.1 cm³/mol. The lowest BCUT2D eigenvalue weighted by atomic mass is 10.1. The van der Waals surface area contributed by atoms with Crippen molar-refractivity contribution in [1.82, 2.24) is 9.88 Å². The second-order valence-corrected chi connectivity index (χ2v) is 4.31. The summed E-state index contributed by atoms with van der Waals surface area (Å²) in [7, 11) is 0. The maximum atomic E-state index is 9.53. The van der Waals surface area contributed by atoms with E-state index in [9.17, 15) is 5.11 Å². The van der Waals surface area contributed by atoms with Crippen LogP contribution in [0.3, 0.4) is 0 Å². The second-order valence-electron chi connectivity index (χ2n) is 4.31. The highest BCUT2D eigenvalue weighted by atomic mass is 16.3. The van der Waals surface area contributed by atoms with Gasteiger partial charge in [0.1, 0.15) is 12.0 Å². The third-order valence-electron chi connectivity index (χ3n) is 3.16. The van der Waals surface area contributed by atoms with Crippen LogP contribution in [0, 0.1) is 0 Å². The fourth-order valence-corrected chi connectivity index (χ4v) is 2.04. The molecule has 18 heavy (non-hydrogen) atoms. The van der Waals surface area contributed by atoms with Gasteiger partial charge in [0.05, 0.1) is 5.69 Å². The van der Waals surface area contributed by atoms with E-state index >= 15 is 0 Å². The zero-order valence-corrected chi connectivity index (χ0v) is 10.7. The Balaban J connectivity index is 2.12. The van der Waals surface area contributed by atoms with E-state index in [-0.39, 0.29) is 6.04 Å². The van der Waals surface area contributed by atoms with Gasteiger partial charge in [-0.2, -0.15) is 0 Å². The largest absolute Gasteiger partial charge is 0.508 e. The second kappa shape index (κ2) is 5.69. The highest BCUT2D eigenvalue weighted by Gasteiger charge is 2.15. The number of nitrogens with zero attached hydrogens (tertiary/aromatic N) is 2. The molecule has 0 aliphatic carbocycles. The van der Waals surface area contributed by atoms with Crippen molar-refractivity contribution >= 4 is 0 Å². The summed E-state index contributed by atoms with van der Waals surface area (Å²) >= 11 is 0. The van der Waals surface area contributed by atoms with E-state index in [0.717, 1.165) is 24.3 Å². The van der Waals surface area contributed by atoms with Gasteiger partial charge >= 0.3 is 0 Å². The molecule has 4 nitrogen and oxygen atoms in total. The molecule has 0 aliphatic heterocycles. The molecule has 0 spiro atoms. The van der Waals surface area contributed by atoms with Crippen LogP contribution >= 0.6 is 0 Å². The molecule has 0 radical (unpaired) electrons. The molecule has 2 rings (SSSR count). The zero-order valence-electron chi connectivity index (χ0n) is 10.7. The Labute approximate surface area is 107 Å². The lowest BCUT2D eigenvalue weighted by molar-refractivity contribution is 0.210. The molecule has 4 heteroatoms. The molecule has 0 saturated heterocycles. The maximum absolute atomic E-state index is 9.53. The first-order valence-corrected chi connectivity index (χ1v) is 6.10. The van der Waals surface area contributed by atoms with E-state index in [1.165, 1.54) is 6.39 Å². The first-order chi connectivity index (χ1) is 8.70. The highest BCUT2D eigenvalue weighted by Crippen LogP contribution is 2.24. The van der Waals surface area contributed by atoms with E-state index in [1.54, 1.807) is 18.4 Å². The minimum atomic E-state index is 0.221. The minimum absolute atomic E-state index is 0.221. The van der Waals surface area contributed by atoms with Gasteiger partial charge in [0.15, 0.2) is 6.39 Å². The Morgan fingerprint density at radius 1 is 1.44 bits per heavy atom. The maximum Gasteiger partial charge on any atom is 0.180 e. The van der Waals surface area contributed by atoms with Crippen molar-refractivity contribution in [2.24, 2.45) is 0 Å². The van der Waals surface area contributed by atoms with E-state index in [0.29, 0.717) is 5.75 Å². The van der Waals surface area contributed by atoms with Crippen LogP contribution in [0.1, 0.15) is 31.1 Å². The Hall–Kier alpha value is -1.81. The molecule has 0 amide bonds. The van der Waals surface area contributed by atoms with Gasteiger partial charge in [0.25, 0.3) is 0 Å². The number of aromatic hydroxyl groups is 1. The zero-order chi connectivity index (χ0) is 13.0. The highest BCUT2D eigenvalue weighted by molar-refractivity contribution is 5.29. The molecule has 2 aromatic rings. The number of phenols is 1. The number of oxazole rings is 1. The van der Waals surface area contributed by atoms with E-state index < -0.39 is 0 Å². The molecule has 0 saturated carbocycles. The fraction of sp³-hybridized carbons (Fsp3) is 0.357. The summed E-state index contributed by atoms with van der Waals surface area (Å²) in [6.07, 6.45) is 3.11. The minimum Gasteiger partial charge on any atom is -0.508 e. The van der Waals surface area contributed by atoms with Gasteiger partial charge in [0, 0.05) is 12.6 Å². The number of phenolic OH excluding ortho intramolecular Hbond substituents is 1. The number of hydrogen-bond donors (Lipinski definition) is 1. The van der Waals surface area contributed by atoms with Crippen molar-refractivity contribution in [2.45, 2.75) is 26.4 Å². The number of aromatic nitrogens is 1. The van der Waals surface area contributed by atoms with Crippen molar-refractivity contribution in [3.05, 3.63) is 48.2 Å². The Bertz CT molecular complexity index is 482. The summed E-state index contributed by atoms with van der Waals surface area (Å²) in [5.41, 5.74) is 2.02. The summed E-state index contributed by atoms with van der Waals surface area (Å²) in [5, 5.41) is 9.53. The topological polar surface area (TPSA) is 49.5 Å². The molecule has 1 aromatic carbocycles. The SMILES string of the molecule is CCN(Cc1cocn1)C(C)c1cccc(O)c1. The lowest BCUT2D eigenvalue weighted by Crippen LogP contribution is -2.26. The van der Waals surface area contributed by atoms with Crippen molar-refractivity contribution in [3.63, 3.8) is 0 Å². The molecule has 1 heterocycles. The lowest BCUT2D eigenvalue weighted by Gasteiger charge is -2.27. The van der Waals surface area contributed by atoms with Gasteiger partial charge in [-0.15, -0.1) is 0 Å². The standard InChI is InChI=1S/C14H18N2O2/c1-3-16(8-13-9-18-10-15-13)11(2)12-5-4-6-14(17)7-12/h4-7,9-11,17H,3,8H2,1-2H3. The van der Waals surface area contributed by atoms with Gasteiger partial charge in [-0.3, -0.25) is 4.90 Å². The van der Waals surface area contributed by atoms with Gasteiger partial charge in [-0.1, -0.05) is 19.1 Å². The van der Waals surface area contributed by atoms with Crippen LogP contribution in [0.25, 0.3) is 0 Å². The summed E-state index contributed by atoms with van der Waals surface area (Å²) in [5.74, 6) is 0.303. The molecule has 1 atom stereocenters. The van der Waals surface area contributed by atoms with Gasteiger partial charge in [0.2, 0.25) is 0 Å². The fourth-order valence-electron chi connectivity index (χ4n) is 2.04. The quantitative estimate of drug-likeness (QED) is 0.881. The van der Waals surface area contributed by atoms with Crippen molar-refractivity contribution in [1.29, 1.82) is 0 Å². The summed E-state index contributed by atoms with van der Waals surface area (Å²) in [4.78, 5) is 6.41. The molecular weight excluding hydrogens is 228 g/mol. The van der Waals surface area contributed by atoms with Crippen LogP contribution in [0.5, 0.6) is 5.75 Å². The summed E-state index contributed by atoms with van der Waals surface area (Å²) in [6.45, 7) is 5.88. The Morgan fingerprint density at radius 2 is 2.28 bits per heavy atom. The first kappa shape index (κ1) is 12.6. The summed E-state index contributed by atoms with van der Waals surface area (Å²) < 4.78 is 4.99. The first-order valence-electron chi connectivity index (χ1n) is 6.10. The molecule has 1 aromatic heterocycles. The smallest absolute Gasteiger partial charge is 0.180 e. The molecule has 1 N–H and O–H groups in total. The summed E-state index contributed by atoms with van der Waals surface area (Å²) in [6, 6.07) is 7.60. The van der Waals surface area contributed by atoms with Crippen LogP contribution in [-0.2, 0) is 6.54 Å². The molecule has 96 valence electrons. The van der Waals surface area contributed by atoms with Crippen LogP contribution in [0.15, 0.2) is 41.3 Å². The molecular formula is C14H18N2O2. The number of rotatable bonds is 5. The number of benzene rings is 1. The molecule has 0 aliphatic rings. The van der Waals surface area contributed by atoms with E-state index in [1.807, 2.05) is 12.1 Å². The predicted octanol–water partition coefficient (Wildman–Crippen LogP) is 2.96. The van der Waals surface area contributed by atoms with Gasteiger partial charge in [-0.05, 0) is 31.2 Å². The third kappa shape index (κ3) is 2.90. The molecule has 0 bridgehead atoms. The van der Waals surface area contributed by atoms with Crippen molar-refractivity contribution < 1.29 is 9.52 Å². The van der Waals surface area contributed by atoms with E-state index in [4.69, 9.17) is 4.42 Å². The van der Waals surface area contributed by atoms with Gasteiger partial charge < -0.3 is 9.52 Å². The molecule has 1 unspecified atom stereocenters. The van der Waals surface area contributed by atoms with Gasteiger partial charge in [-0.25, -0.2) is 4.98 Å². The van der Waals surface area contributed by atoms with Crippen LogP contribution < -0.4 is 0 Å². The normalized spacial score (nSPS) is 12.8. The monoisotopic (exact) mass is 246 g/mol. The number of hydrogen-bond acceptors (Lipinski definition) is 4. The van der Waals surface area contributed by atoms with Crippen LogP contribution in [0.2, 0.25) is 0 Å². The third-order valence-corrected chi connectivity index (χ3v) is 3.16. The van der Waals surface area contributed by atoms with Crippen LogP contribution in [-0.4, -0.2) is 21.5 Å². The Morgan fingerprint density at radius 3 is 2.89 bits per heavy atom. The van der Waals surface area contributed by atoms with Crippen molar-refractivity contribution in [2.75, 3.05) is 6.54 Å². The Kier molecular flexibility index (Phi) is 3.99. The average Bonchev–Trinajstić information content (AvgIpc) is 2.88. The molecule has 0 fully saturated rings. The van der Waals surface area contributed by atoms with Crippen molar-refractivity contribution in [3.8, 4) is 5.75 Å². The van der Waals surface area contributed by atoms with E-state index in [2.05, 4.69) is 23.7 Å². The average molecular weight is 246 g/mol.